The van der Waals surface area contributed by atoms with Crippen molar-refractivity contribution in [3.05, 3.63) is 0 Å². The van der Waals surface area contributed by atoms with Crippen molar-refractivity contribution < 1.29 is 14.4 Å². The average Bonchev–Trinajstić information content (AvgIpc) is 2.02. The quantitative estimate of drug-likeness (QED) is 0.160. The van der Waals surface area contributed by atoms with E-state index in [2.05, 4.69) is 17.6 Å². The molecule has 0 saturated carbocycles. The van der Waals surface area contributed by atoms with Gasteiger partial charge in [-0.2, -0.15) is 0 Å². The highest BCUT2D eigenvalue weighted by Crippen LogP contribution is 1.98. The molecular weight excluding hydrogens is 257 g/mol. The van der Waals surface area contributed by atoms with Crippen LogP contribution < -0.4 is 16.4 Å². The van der Waals surface area contributed by atoms with Crippen molar-refractivity contribution in [2.75, 3.05) is 6.54 Å². The van der Waals surface area contributed by atoms with Crippen LogP contribution in [0.4, 0.5) is 0 Å². The lowest BCUT2D eigenvalue weighted by Gasteiger charge is -2.06. The molecule has 16 heavy (non-hydrogen) atoms. The highest BCUT2D eigenvalue weighted by molar-refractivity contribution is 7.30. The fraction of sp³-hybridized carbons (Fsp3) is 0.667. The normalized spacial score (nSPS) is 8.25. The number of hydrogen-bond donors (Lipinski definition) is 7. The van der Waals surface area contributed by atoms with E-state index < -0.39 is 8.25 Å². The average molecular weight is 276 g/mol. The summed E-state index contributed by atoms with van der Waals surface area (Å²) in [4.78, 5) is 14.3. The lowest BCUT2D eigenvalue weighted by atomic mass is 10.3. The van der Waals surface area contributed by atoms with Gasteiger partial charge in [-0.3, -0.25) is 20.7 Å². The highest BCUT2D eigenvalue weighted by atomic mass is 35.5. The molecule has 0 spiro atoms. The fourth-order valence-corrected chi connectivity index (χ4v) is 0.569. The lowest BCUT2D eigenvalue weighted by Crippen LogP contribution is -2.43. The van der Waals surface area contributed by atoms with Gasteiger partial charge in [0.15, 0.2) is 11.9 Å². The van der Waals surface area contributed by atoms with E-state index in [4.69, 9.17) is 30.9 Å². The van der Waals surface area contributed by atoms with Crippen LogP contribution in [-0.4, -0.2) is 28.3 Å². The third-order valence-electron chi connectivity index (χ3n) is 1.09. The molecule has 0 aromatic heterocycles. The highest BCUT2D eigenvalue weighted by Gasteiger charge is 1.93. The molecule has 0 rings (SSSR count). The Labute approximate surface area is 101 Å². The molecule has 0 bridgehead atoms. The second kappa shape index (κ2) is 14.2. The van der Waals surface area contributed by atoms with Crippen LogP contribution in [0.1, 0.15) is 19.8 Å². The van der Waals surface area contributed by atoms with E-state index in [1.54, 1.807) is 0 Å². The predicted octanol–water partition coefficient (Wildman–Crippen LogP) is -0.424. The van der Waals surface area contributed by atoms with Crippen molar-refractivity contribution in [3.63, 3.8) is 0 Å². The summed E-state index contributed by atoms with van der Waals surface area (Å²) in [6.07, 6.45) is 2.10. The van der Waals surface area contributed by atoms with Crippen LogP contribution in [0.2, 0.25) is 0 Å². The standard InChI is InChI=1S/C6H15N5.ClH.H3O3P/c1-2-3-4-10-6(9)11-5(7)8;;1-4(2)3/h2-4H2,1H3,(H6,7,8,9,10,11);1H;4H,(H2,1,2,3). The molecule has 0 radical (unpaired) electrons. The van der Waals surface area contributed by atoms with Crippen LogP contribution in [0.5, 0.6) is 0 Å². The Balaban J connectivity index is -0.000000292. The third kappa shape index (κ3) is 29.2. The summed E-state index contributed by atoms with van der Waals surface area (Å²) in [6, 6.07) is 0. The lowest BCUT2D eigenvalue weighted by molar-refractivity contribution is 0.405. The van der Waals surface area contributed by atoms with Crippen molar-refractivity contribution in [1.82, 2.24) is 10.6 Å². The molecule has 8 N–H and O–H groups in total. The van der Waals surface area contributed by atoms with E-state index in [1.807, 2.05) is 0 Å². The van der Waals surface area contributed by atoms with Crippen molar-refractivity contribution >= 4 is 32.6 Å². The molecular formula is C6H19ClN5O3P. The largest absolute Gasteiger partial charge is 0.370 e. The first-order valence-electron chi connectivity index (χ1n) is 4.25. The van der Waals surface area contributed by atoms with Gasteiger partial charge in [0.1, 0.15) is 0 Å². The van der Waals surface area contributed by atoms with Crippen LogP contribution in [0, 0.1) is 10.8 Å². The molecule has 0 atom stereocenters. The number of guanidine groups is 2. The topological polar surface area (TPSA) is 155 Å². The SMILES string of the molecule is CCCCNC(=N)NC(=N)N.Cl.O=[PH](O)O. The van der Waals surface area contributed by atoms with Gasteiger partial charge in [0, 0.05) is 6.54 Å². The molecule has 0 fully saturated rings. The number of nitrogens with one attached hydrogen (secondary N) is 4. The van der Waals surface area contributed by atoms with Crippen molar-refractivity contribution in [2.45, 2.75) is 19.8 Å². The molecule has 98 valence electrons. The number of nitrogens with two attached hydrogens (primary N) is 1. The van der Waals surface area contributed by atoms with Crippen LogP contribution in [-0.2, 0) is 4.57 Å². The molecule has 0 amide bonds. The summed E-state index contributed by atoms with van der Waals surface area (Å²) in [5.41, 5.74) is 4.99. The van der Waals surface area contributed by atoms with Gasteiger partial charge in [0.05, 0.1) is 0 Å². The zero-order chi connectivity index (χ0) is 12.3. The van der Waals surface area contributed by atoms with Crippen LogP contribution in [0.25, 0.3) is 0 Å². The van der Waals surface area contributed by atoms with E-state index in [9.17, 15) is 0 Å². The first-order valence-corrected chi connectivity index (χ1v) is 5.55. The smallest absolute Gasteiger partial charge is 0.314 e. The van der Waals surface area contributed by atoms with Gasteiger partial charge in [-0.1, -0.05) is 13.3 Å². The molecule has 0 aliphatic rings. The minimum atomic E-state index is -3.13. The van der Waals surface area contributed by atoms with Crippen LogP contribution in [0.3, 0.4) is 0 Å². The number of rotatable bonds is 3. The van der Waals surface area contributed by atoms with Crippen molar-refractivity contribution in [1.29, 1.82) is 10.8 Å². The Morgan fingerprint density at radius 3 is 2.19 bits per heavy atom. The first-order chi connectivity index (χ1) is 6.90. The molecule has 0 heterocycles. The Morgan fingerprint density at radius 1 is 1.44 bits per heavy atom. The summed E-state index contributed by atoms with van der Waals surface area (Å²) < 4.78 is 8.74. The summed E-state index contributed by atoms with van der Waals surface area (Å²) in [6.45, 7) is 2.82. The maximum Gasteiger partial charge on any atom is 0.314 e. The molecule has 0 aromatic rings. The zero-order valence-electron chi connectivity index (χ0n) is 8.91. The summed E-state index contributed by atoms with van der Waals surface area (Å²) in [7, 11) is -3.13. The number of hydrogen-bond acceptors (Lipinski definition) is 3. The van der Waals surface area contributed by atoms with Crippen LogP contribution >= 0.6 is 20.7 Å². The zero-order valence-corrected chi connectivity index (χ0v) is 10.7. The van der Waals surface area contributed by atoms with E-state index in [1.165, 1.54) is 0 Å². The van der Waals surface area contributed by atoms with Gasteiger partial charge in [-0.25, -0.2) is 0 Å². The van der Waals surface area contributed by atoms with Gasteiger partial charge in [0.25, 0.3) is 0 Å². The second-order valence-electron chi connectivity index (χ2n) is 2.48. The maximum atomic E-state index is 8.74. The van der Waals surface area contributed by atoms with E-state index >= 15 is 0 Å². The first kappa shape index (κ1) is 20.6. The summed E-state index contributed by atoms with van der Waals surface area (Å²) in [5.74, 6) is -0.120. The fourth-order valence-electron chi connectivity index (χ4n) is 0.569. The second-order valence-corrected chi connectivity index (χ2v) is 3.04. The summed E-state index contributed by atoms with van der Waals surface area (Å²) >= 11 is 0. The van der Waals surface area contributed by atoms with E-state index in [-0.39, 0.29) is 24.3 Å². The van der Waals surface area contributed by atoms with Crippen LogP contribution in [0.15, 0.2) is 0 Å². The Bertz CT molecular complexity index is 224. The minimum Gasteiger partial charge on any atom is -0.370 e. The number of unbranched alkanes of at least 4 members (excludes halogenated alkanes) is 1. The minimum absolute atomic E-state index is 0. The van der Waals surface area contributed by atoms with Gasteiger partial charge < -0.3 is 20.8 Å². The van der Waals surface area contributed by atoms with E-state index in [0.717, 1.165) is 19.4 Å². The molecule has 0 unspecified atom stereocenters. The Hall–Kier alpha value is -0.820. The molecule has 0 aliphatic carbocycles. The molecule has 0 aliphatic heterocycles. The maximum absolute atomic E-state index is 8.74. The Morgan fingerprint density at radius 2 is 1.88 bits per heavy atom. The van der Waals surface area contributed by atoms with Crippen molar-refractivity contribution in [3.8, 4) is 0 Å². The third-order valence-corrected chi connectivity index (χ3v) is 1.09. The summed E-state index contributed by atoms with van der Waals surface area (Å²) in [5, 5.41) is 19.0. The molecule has 0 aromatic carbocycles. The molecule has 10 heteroatoms. The molecule has 8 nitrogen and oxygen atoms in total. The monoisotopic (exact) mass is 275 g/mol. The van der Waals surface area contributed by atoms with Gasteiger partial charge >= 0.3 is 8.25 Å². The van der Waals surface area contributed by atoms with Gasteiger partial charge in [-0.15, -0.1) is 12.4 Å². The van der Waals surface area contributed by atoms with Crippen molar-refractivity contribution in [2.24, 2.45) is 5.73 Å². The Kier molecular flexibility index (Phi) is 18.2. The van der Waals surface area contributed by atoms with Gasteiger partial charge in [0.2, 0.25) is 0 Å². The molecule has 0 saturated heterocycles. The predicted molar refractivity (Wildman–Crippen MR) is 66.4 cm³/mol. The van der Waals surface area contributed by atoms with E-state index in [0.29, 0.717) is 0 Å². The number of halogens is 1. The van der Waals surface area contributed by atoms with Gasteiger partial charge in [-0.05, 0) is 6.42 Å².